The number of rotatable bonds is 4. The Kier molecular flexibility index (Phi) is 4.32. The van der Waals surface area contributed by atoms with Gasteiger partial charge in [0, 0.05) is 17.6 Å². The van der Waals surface area contributed by atoms with E-state index in [2.05, 4.69) is 5.32 Å². The maximum Gasteiger partial charge on any atom is 0.238 e. The van der Waals surface area contributed by atoms with Crippen molar-refractivity contribution in [1.82, 2.24) is 5.32 Å². The summed E-state index contributed by atoms with van der Waals surface area (Å²) in [6, 6.07) is 4.83. The lowest BCUT2D eigenvalue weighted by Crippen LogP contribution is -2.22. The highest BCUT2D eigenvalue weighted by molar-refractivity contribution is 7.89. The first-order chi connectivity index (χ1) is 7.30. The van der Waals surface area contributed by atoms with E-state index in [0.29, 0.717) is 17.6 Å². The number of sulfonamides is 1. The maximum absolute atomic E-state index is 11.1. The lowest BCUT2D eigenvalue weighted by molar-refractivity contribution is 0.587. The van der Waals surface area contributed by atoms with Crippen LogP contribution in [0.15, 0.2) is 23.1 Å². The number of nitrogens with two attached hydrogens (primary N) is 1. The molecule has 90 valence electrons. The van der Waals surface area contributed by atoms with E-state index in [1.807, 2.05) is 13.8 Å². The highest BCUT2D eigenvalue weighted by Gasteiger charge is 2.10. The largest absolute Gasteiger partial charge is 0.310 e. The zero-order valence-corrected chi connectivity index (χ0v) is 10.8. The molecule has 4 nitrogen and oxygen atoms in total. The molecule has 0 atom stereocenters. The van der Waals surface area contributed by atoms with Gasteiger partial charge < -0.3 is 5.32 Å². The predicted octanol–water partition coefficient (Wildman–Crippen LogP) is 1.49. The quantitative estimate of drug-likeness (QED) is 0.863. The van der Waals surface area contributed by atoms with Gasteiger partial charge in [0.1, 0.15) is 0 Å². The lowest BCUT2D eigenvalue weighted by Gasteiger charge is -2.10. The molecule has 0 saturated heterocycles. The number of benzene rings is 1. The summed E-state index contributed by atoms with van der Waals surface area (Å²) in [5, 5.41) is 8.59. The summed E-state index contributed by atoms with van der Waals surface area (Å²) in [7, 11) is -3.68. The van der Waals surface area contributed by atoms with Crippen molar-refractivity contribution in [3.8, 4) is 0 Å². The molecule has 0 aliphatic carbocycles. The average Bonchev–Trinajstić information content (AvgIpc) is 2.14. The first kappa shape index (κ1) is 13.4. The maximum atomic E-state index is 11.1. The number of halogens is 1. The van der Waals surface area contributed by atoms with Crippen molar-refractivity contribution in [1.29, 1.82) is 0 Å². The number of hydrogen-bond donors (Lipinski definition) is 2. The highest BCUT2D eigenvalue weighted by atomic mass is 35.5. The van der Waals surface area contributed by atoms with Crippen LogP contribution in [0.1, 0.15) is 19.4 Å². The van der Waals surface area contributed by atoms with Crippen LogP contribution in [0.25, 0.3) is 0 Å². The Labute approximate surface area is 101 Å². The Bertz CT molecular complexity index is 472. The fourth-order valence-electron chi connectivity index (χ4n) is 1.16. The molecule has 0 aromatic heterocycles. The summed E-state index contributed by atoms with van der Waals surface area (Å²) in [6.45, 7) is 4.64. The van der Waals surface area contributed by atoms with Crippen molar-refractivity contribution < 1.29 is 8.42 Å². The number of hydrogen-bond acceptors (Lipinski definition) is 3. The summed E-state index contributed by atoms with van der Waals surface area (Å²) in [5.74, 6) is 0. The van der Waals surface area contributed by atoms with E-state index in [9.17, 15) is 8.42 Å². The van der Waals surface area contributed by atoms with Crippen molar-refractivity contribution in [2.24, 2.45) is 5.14 Å². The molecule has 0 bridgehead atoms. The molecule has 0 aliphatic rings. The smallest absolute Gasteiger partial charge is 0.238 e. The van der Waals surface area contributed by atoms with E-state index in [4.69, 9.17) is 16.7 Å². The Balaban J connectivity index is 2.92. The molecule has 0 aliphatic heterocycles. The van der Waals surface area contributed by atoms with Gasteiger partial charge in [-0.15, -0.1) is 0 Å². The molecule has 0 radical (unpaired) electrons. The zero-order valence-electron chi connectivity index (χ0n) is 9.20. The summed E-state index contributed by atoms with van der Waals surface area (Å²) in [6.07, 6.45) is 0. The number of primary sulfonamides is 1. The third-order valence-electron chi connectivity index (χ3n) is 2.05. The third kappa shape index (κ3) is 3.75. The monoisotopic (exact) mass is 262 g/mol. The van der Waals surface area contributed by atoms with Crippen molar-refractivity contribution in [2.75, 3.05) is 0 Å². The Morgan fingerprint density at radius 2 is 2.06 bits per heavy atom. The van der Waals surface area contributed by atoms with Crippen LogP contribution < -0.4 is 10.5 Å². The summed E-state index contributed by atoms with van der Waals surface area (Å²) >= 11 is 5.96. The van der Waals surface area contributed by atoms with Crippen LogP contribution in [0, 0.1) is 0 Å². The molecule has 0 saturated carbocycles. The van der Waals surface area contributed by atoms with Gasteiger partial charge >= 0.3 is 0 Å². The van der Waals surface area contributed by atoms with Crippen molar-refractivity contribution >= 4 is 21.6 Å². The SMILES string of the molecule is CC(C)NCc1ccc(S(N)(=O)=O)cc1Cl. The van der Waals surface area contributed by atoms with Gasteiger partial charge in [0.15, 0.2) is 0 Å². The molecule has 0 heterocycles. The van der Waals surface area contributed by atoms with E-state index in [-0.39, 0.29) is 4.90 Å². The van der Waals surface area contributed by atoms with E-state index >= 15 is 0 Å². The Morgan fingerprint density at radius 3 is 2.50 bits per heavy atom. The second-order valence-electron chi connectivity index (χ2n) is 3.83. The zero-order chi connectivity index (χ0) is 12.3. The third-order valence-corrected chi connectivity index (χ3v) is 3.32. The van der Waals surface area contributed by atoms with Gasteiger partial charge in [-0.25, -0.2) is 13.6 Å². The van der Waals surface area contributed by atoms with Crippen LogP contribution in [0.3, 0.4) is 0 Å². The van der Waals surface area contributed by atoms with Gasteiger partial charge in [0.05, 0.1) is 4.90 Å². The van der Waals surface area contributed by atoms with Crippen LogP contribution in [-0.2, 0) is 16.6 Å². The molecule has 3 N–H and O–H groups in total. The van der Waals surface area contributed by atoms with Gasteiger partial charge in [0.2, 0.25) is 10.0 Å². The first-order valence-corrected chi connectivity index (χ1v) is 6.77. The van der Waals surface area contributed by atoms with E-state index in [1.165, 1.54) is 12.1 Å². The molecule has 6 heteroatoms. The van der Waals surface area contributed by atoms with Crippen LogP contribution in [0.2, 0.25) is 5.02 Å². The molecular weight excluding hydrogens is 248 g/mol. The minimum atomic E-state index is -3.68. The molecule has 16 heavy (non-hydrogen) atoms. The first-order valence-electron chi connectivity index (χ1n) is 4.85. The fourth-order valence-corrected chi connectivity index (χ4v) is 2.01. The highest BCUT2D eigenvalue weighted by Crippen LogP contribution is 2.20. The second kappa shape index (κ2) is 5.14. The van der Waals surface area contributed by atoms with Gasteiger partial charge in [0.25, 0.3) is 0 Å². The van der Waals surface area contributed by atoms with E-state index in [0.717, 1.165) is 5.56 Å². The van der Waals surface area contributed by atoms with Gasteiger partial charge in [-0.1, -0.05) is 31.5 Å². The summed E-state index contributed by atoms with van der Waals surface area (Å²) in [5.41, 5.74) is 0.850. The van der Waals surface area contributed by atoms with Crippen LogP contribution in [0.5, 0.6) is 0 Å². The fraction of sp³-hybridized carbons (Fsp3) is 0.400. The standard InChI is InChI=1S/C10H15ClN2O2S/c1-7(2)13-6-8-3-4-9(5-10(8)11)16(12,14)15/h3-5,7,13H,6H2,1-2H3,(H2,12,14,15). The Morgan fingerprint density at radius 1 is 1.44 bits per heavy atom. The normalized spacial score (nSPS) is 12.1. The van der Waals surface area contributed by atoms with Gasteiger partial charge in [-0.2, -0.15) is 0 Å². The lowest BCUT2D eigenvalue weighted by atomic mass is 10.2. The minimum Gasteiger partial charge on any atom is -0.310 e. The molecule has 0 fully saturated rings. The number of nitrogens with one attached hydrogen (secondary N) is 1. The van der Waals surface area contributed by atoms with Crippen molar-refractivity contribution in [3.63, 3.8) is 0 Å². The van der Waals surface area contributed by atoms with Crippen LogP contribution in [-0.4, -0.2) is 14.5 Å². The molecule has 0 amide bonds. The molecule has 1 aromatic rings. The average molecular weight is 263 g/mol. The molecule has 1 rings (SSSR count). The van der Waals surface area contributed by atoms with E-state index < -0.39 is 10.0 Å². The molecular formula is C10H15ClN2O2S. The molecule has 1 aromatic carbocycles. The second-order valence-corrected chi connectivity index (χ2v) is 5.80. The summed E-state index contributed by atoms with van der Waals surface area (Å²) in [4.78, 5) is 0.0331. The van der Waals surface area contributed by atoms with Crippen LogP contribution >= 0.6 is 11.6 Å². The van der Waals surface area contributed by atoms with Crippen molar-refractivity contribution in [2.45, 2.75) is 31.3 Å². The van der Waals surface area contributed by atoms with Gasteiger partial charge in [-0.3, -0.25) is 0 Å². The molecule has 0 unspecified atom stereocenters. The predicted molar refractivity (Wildman–Crippen MR) is 64.8 cm³/mol. The van der Waals surface area contributed by atoms with Gasteiger partial charge in [-0.05, 0) is 17.7 Å². The van der Waals surface area contributed by atoms with Crippen molar-refractivity contribution in [3.05, 3.63) is 28.8 Å². The summed E-state index contributed by atoms with van der Waals surface area (Å²) < 4.78 is 22.1. The van der Waals surface area contributed by atoms with Crippen LogP contribution in [0.4, 0.5) is 0 Å². The molecule has 0 spiro atoms. The minimum absolute atomic E-state index is 0.0331. The van der Waals surface area contributed by atoms with E-state index in [1.54, 1.807) is 6.07 Å². The Hall–Kier alpha value is -0.620. The topological polar surface area (TPSA) is 72.2 Å².